The predicted molar refractivity (Wildman–Crippen MR) is 98.3 cm³/mol. The van der Waals surface area contributed by atoms with E-state index in [4.69, 9.17) is 0 Å². The maximum Gasteiger partial charge on any atom is 0.0763 e. The number of hydrogen-bond donors (Lipinski definition) is 0. The standard InChI is InChI=1S/C10H19N.C8H15N.CH4/c1-9(2)7-8-10(3,4)11(5)6;1-8(2)6-5-7-9(3)4;/h9H,1-6H3;8H,7H2,1-4H3;1H4. The highest BCUT2D eigenvalue weighted by Crippen LogP contribution is 2.07. The molecule has 21 heavy (non-hydrogen) atoms. The molecule has 124 valence electrons. The summed E-state index contributed by atoms with van der Waals surface area (Å²) in [6.07, 6.45) is 0. The van der Waals surface area contributed by atoms with Gasteiger partial charge in [-0.2, -0.15) is 0 Å². The maximum absolute atomic E-state index is 3.23. The Morgan fingerprint density at radius 2 is 1.29 bits per heavy atom. The Balaban J connectivity index is -0.000000300. The predicted octanol–water partition coefficient (Wildman–Crippen LogP) is 3.83. The van der Waals surface area contributed by atoms with E-state index in [-0.39, 0.29) is 13.0 Å². The Hall–Kier alpha value is -0.960. The fourth-order valence-electron chi connectivity index (χ4n) is 0.841. The Morgan fingerprint density at radius 3 is 1.57 bits per heavy atom. The van der Waals surface area contributed by atoms with Crippen LogP contribution < -0.4 is 0 Å². The van der Waals surface area contributed by atoms with Gasteiger partial charge in [0.15, 0.2) is 0 Å². The fourth-order valence-corrected chi connectivity index (χ4v) is 0.841. The summed E-state index contributed by atoms with van der Waals surface area (Å²) in [5.41, 5.74) is 0.00424. The second-order valence-corrected chi connectivity index (χ2v) is 6.59. The van der Waals surface area contributed by atoms with Crippen LogP contribution in [0.4, 0.5) is 0 Å². The molecule has 2 heteroatoms. The second-order valence-electron chi connectivity index (χ2n) is 6.59. The quantitative estimate of drug-likeness (QED) is 0.714. The molecule has 0 N–H and O–H groups in total. The highest BCUT2D eigenvalue weighted by atomic mass is 15.1. The van der Waals surface area contributed by atoms with Crippen molar-refractivity contribution in [1.82, 2.24) is 9.80 Å². The summed E-state index contributed by atoms with van der Waals surface area (Å²) in [7, 11) is 8.15. The third-order valence-corrected chi connectivity index (χ3v) is 2.57. The first-order valence-corrected chi connectivity index (χ1v) is 7.32. The second kappa shape index (κ2) is 12.8. The third kappa shape index (κ3) is 19.0. The van der Waals surface area contributed by atoms with Crippen LogP contribution >= 0.6 is 0 Å². The van der Waals surface area contributed by atoms with Crippen molar-refractivity contribution in [2.75, 3.05) is 34.7 Å². The average molecular weight is 295 g/mol. The largest absolute Gasteiger partial charge is 0.299 e. The van der Waals surface area contributed by atoms with Crippen molar-refractivity contribution in [3.05, 3.63) is 0 Å². The minimum Gasteiger partial charge on any atom is -0.299 e. The SMILES string of the molecule is C.CC(C)C#CC(C)(C)N(C)C.CC(C)C#CCN(C)C. The van der Waals surface area contributed by atoms with Gasteiger partial charge in [-0.25, -0.2) is 0 Å². The Kier molecular flexibility index (Phi) is 15.2. The molecule has 0 heterocycles. The zero-order valence-electron chi connectivity index (χ0n) is 15.3. The summed E-state index contributed by atoms with van der Waals surface area (Å²) in [5, 5.41) is 0. The van der Waals surface area contributed by atoms with Gasteiger partial charge >= 0.3 is 0 Å². The van der Waals surface area contributed by atoms with Crippen molar-refractivity contribution in [3.8, 4) is 23.7 Å². The van der Waals surface area contributed by atoms with E-state index in [0.29, 0.717) is 11.8 Å². The van der Waals surface area contributed by atoms with Crippen LogP contribution in [0.15, 0.2) is 0 Å². The average Bonchev–Trinajstić information content (AvgIpc) is 2.26. The molecule has 0 aromatic heterocycles. The molecule has 0 aliphatic heterocycles. The summed E-state index contributed by atoms with van der Waals surface area (Å²) in [5.74, 6) is 13.5. The normalized spacial score (nSPS) is 10.2. The molecule has 0 bridgehead atoms. The van der Waals surface area contributed by atoms with Crippen molar-refractivity contribution in [2.45, 2.75) is 54.5 Å². The van der Waals surface area contributed by atoms with Gasteiger partial charge < -0.3 is 0 Å². The molecule has 0 fully saturated rings. The van der Waals surface area contributed by atoms with E-state index in [1.54, 1.807) is 0 Å². The first-order valence-electron chi connectivity index (χ1n) is 7.32. The van der Waals surface area contributed by atoms with E-state index >= 15 is 0 Å². The molecule has 2 nitrogen and oxygen atoms in total. The van der Waals surface area contributed by atoms with Gasteiger partial charge in [0.1, 0.15) is 0 Å². The maximum atomic E-state index is 3.23. The van der Waals surface area contributed by atoms with E-state index in [1.165, 1.54) is 0 Å². The molecule has 0 unspecified atom stereocenters. The lowest BCUT2D eigenvalue weighted by molar-refractivity contribution is 0.263. The third-order valence-electron chi connectivity index (χ3n) is 2.57. The minimum atomic E-state index is 0. The molecule has 0 amide bonds. The topological polar surface area (TPSA) is 6.48 Å². The molecule has 0 saturated carbocycles. The molecule has 0 aliphatic carbocycles. The van der Waals surface area contributed by atoms with E-state index in [2.05, 4.69) is 89.1 Å². The van der Waals surface area contributed by atoms with E-state index in [1.807, 2.05) is 14.1 Å². The molecule has 0 spiro atoms. The molecule has 0 aliphatic rings. The molecule has 0 radical (unpaired) electrons. The summed E-state index contributed by atoms with van der Waals surface area (Å²) >= 11 is 0. The molecular formula is C19H38N2. The first-order chi connectivity index (χ1) is 8.99. The minimum absolute atomic E-state index is 0. The van der Waals surface area contributed by atoms with Crippen molar-refractivity contribution < 1.29 is 0 Å². The first kappa shape index (κ1) is 25.0. The molecule has 0 rings (SSSR count). The summed E-state index contributed by atoms with van der Waals surface area (Å²) in [4.78, 5) is 4.19. The molecule has 0 atom stereocenters. The van der Waals surface area contributed by atoms with Gasteiger partial charge in [-0.05, 0) is 42.0 Å². The van der Waals surface area contributed by atoms with Crippen molar-refractivity contribution in [2.24, 2.45) is 11.8 Å². The van der Waals surface area contributed by atoms with Gasteiger partial charge in [0.05, 0.1) is 12.1 Å². The lowest BCUT2D eigenvalue weighted by atomic mass is 10.0. The summed E-state index contributed by atoms with van der Waals surface area (Å²) in [6, 6.07) is 0. The van der Waals surface area contributed by atoms with Gasteiger partial charge in [0.2, 0.25) is 0 Å². The van der Waals surface area contributed by atoms with Crippen LogP contribution in [-0.2, 0) is 0 Å². The van der Waals surface area contributed by atoms with Gasteiger partial charge in [0.25, 0.3) is 0 Å². The van der Waals surface area contributed by atoms with Gasteiger partial charge in [-0.15, -0.1) is 0 Å². The zero-order chi connectivity index (χ0) is 16.3. The lowest BCUT2D eigenvalue weighted by Gasteiger charge is -2.26. The highest BCUT2D eigenvalue weighted by molar-refractivity contribution is 5.15. The number of hydrogen-bond acceptors (Lipinski definition) is 2. The monoisotopic (exact) mass is 294 g/mol. The van der Waals surface area contributed by atoms with Crippen LogP contribution in [0.2, 0.25) is 0 Å². The highest BCUT2D eigenvalue weighted by Gasteiger charge is 2.15. The van der Waals surface area contributed by atoms with Crippen LogP contribution in [0.3, 0.4) is 0 Å². The Bertz CT molecular complexity index is 354. The van der Waals surface area contributed by atoms with Crippen molar-refractivity contribution in [3.63, 3.8) is 0 Å². The molecular weight excluding hydrogens is 256 g/mol. The molecule has 0 aromatic carbocycles. The number of rotatable bonds is 2. The zero-order valence-corrected chi connectivity index (χ0v) is 15.3. The summed E-state index contributed by atoms with van der Waals surface area (Å²) in [6.45, 7) is 13.5. The van der Waals surface area contributed by atoms with Crippen LogP contribution in [-0.4, -0.2) is 50.1 Å². The van der Waals surface area contributed by atoms with E-state index < -0.39 is 0 Å². The van der Waals surface area contributed by atoms with Gasteiger partial charge in [-0.1, -0.05) is 58.8 Å². The van der Waals surface area contributed by atoms with Crippen LogP contribution in [0.5, 0.6) is 0 Å². The van der Waals surface area contributed by atoms with Crippen LogP contribution in [0, 0.1) is 35.5 Å². The van der Waals surface area contributed by atoms with Gasteiger partial charge in [-0.3, -0.25) is 9.80 Å². The van der Waals surface area contributed by atoms with Crippen molar-refractivity contribution in [1.29, 1.82) is 0 Å². The van der Waals surface area contributed by atoms with Gasteiger partial charge in [0, 0.05) is 11.8 Å². The Labute approximate surface area is 135 Å². The molecule has 0 saturated heterocycles. The smallest absolute Gasteiger partial charge is 0.0763 e. The van der Waals surface area contributed by atoms with Crippen molar-refractivity contribution >= 4 is 0 Å². The fraction of sp³-hybridized carbons (Fsp3) is 0.789. The summed E-state index contributed by atoms with van der Waals surface area (Å²) < 4.78 is 0. The lowest BCUT2D eigenvalue weighted by Crippen LogP contribution is -2.36. The Morgan fingerprint density at radius 1 is 0.857 bits per heavy atom. The number of nitrogens with zero attached hydrogens (tertiary/aromatic N) is 2. The van der Waals surface area contributed by atoms with Crippen LogP contribution in [0.1, 0.15) is 49.0 Å². The van der Waals surface area contributed by atoms with Crippen LogP contribution in [0.25, 0.3) is 0 Å². The molecule has 0 aromatic rings. The van der Waals surface area contributed by atoms with E-state index in [0.717, 1.165) is 6.54 Å². The van der Waals surface area contributed by atoms with E-state index in [9.17, 15) is 0 Å².